The molecule has 2 N–H and O–H groups in total. The summed E-state index contributed by atoms with van der Waals surface area (Å²) in [6.45, 7) is 1.82. The summed E-state index contributed by atoms with van der Waals surface area (Å²) in [5.74, 6) is -1.49. The zero-order valence-electron chi connectivity index (χ0n) is 12.7. The van der Waals surface area contributed by atoms with Crippen LogP contribution in [-0.2, 0) is 19.6 Å². The normalized spacial score (nSPS) is 15.9. The first-order valence-corrected chi connectivity index (χ1v) is 9.32. The minimum Gasteiger partial charge on any atom is -0.347 e. The first-order chi connectivity index (χ1) is 10.8. The molecule has 0 aliphatic heterocycles. The smallest absolute Gasteiger partial charge is 0.289 e. The average molecular weight is 359 g/mol. The summed E-state index contributed by atoms with van der Waals surface area (Å²) in [6.07, 6.45) is 2.53. The van der Waals surface area contributed by atoms with Gasteiger partial charge in [0.25, 0.3) is 5.91 Å². The number of carbonyl (C=O) groups is 2. The minimum absolute atomic E-state index is 0.00148. The van der Waals surface area contributed by atoms with Crippen LogP contribution in [0.5, 0.6) is 0 Å². The van der Waals surface area contributed by atoms with Crippen molar-refractivity contribution in [3.63, 3.8) is 0 Å². The Bertz CT molecular complexity index is 684. The molecule has 6 nitrogen and oxygen atoms in total. The van der Waals surface area contributed by atoms with Gasteiger partial charge in [-0.3, -0.25) is 9.59 Å². The molecule has 1 aromatic carbocycles. The molecule has 1 atom stereocenters. The molecule has 0 bridgehead atoms. The van der Waals surface area contributed by atoms with Crippen molar-refractivity contribution in [2.24, 2.45) is 0 Å². The fourth-order valence-electron chi connectivity index (χ4n) is 2.04. The zero-order chi connectivity index (χ0) is 17.0. The highest BCUT2D eigenvalue weighted by Crippen LogP contribution is 2.19. The first kappa shape index (κ1) is 17.9. The van der Waals surface area contributed by atoms with E-state index in [4.69, 9.17) is 11.6 Å². The van der Waals surface area contributed by atoms with Crippen molar-refractivity contribution in [1.82, 2.24) is 10.0 Å². The lowest BCUT2D eigenvalue weighted by Gasteiger charge is -2.16. The third-order valence-corrected chi connectivity index (χ3v) is 5.19. The molecule has 1 aromatic rings. The molecular formula is C15H19ClN2O4S. The quantitative estimate of drug-likeness (QED) is 0.691. The Morgan fingerprint density at radius 2 is 1.87 bits per heavy atom. The SMILES string of the molecule is CCC[C@H](NS(=O)(=O)c1ccc(Cl)cc1)C(=O)C(=O)NC1CC1. The summed E-state index contributed by atoms with van der Waals surface area (Å²) >= 11 is 5.74. The largest absolute Gasteiger partial charge is 0.347 e. The highest BCUT2D eigenvalue weighted by molar-refractivity contribution is 7.89. The zero-order valence-corrected chi connectivity index (χ0v) is 14.3. The molecule has 0 aromatic heterocycles. The van der Waals surface area contributed by atoms with Gasteiger partial charge in [0, 0.05) is 11.1 Å². The molecule has 0 saturated heterocycles. The van der Waals surface area contributed by atoms with Gasteiger partial charge in [0.05, 0.1) is 10.9 Å². The van der Waals surface area contributed by atoms with Crippen molar-refractivity contribution in [3.05, 3.63) is 29.3 Å². The Labute approximate surface area is 140 Å². The Morgan fingerprint density at radius 1 is 1.26 bits per heavy atom. The number of Topliss-reactive ketones (excluding diaryl/α,β-unsaturated/α-hetero) is 1. The molecule has 1 aliphatic carbocycles. The highest BCUT2D eigenvalue weighted by atomic mass is 35.5. The summed E-state index contributed by atoms with van der Waals surface area (Å²) < 4.78 is 27.0. The van der Waals surface area contributed by atoms with E-state index in [2.05, 4.69) is 10.0 Å². The fourth-order valence-corrected chi connectivity index (χ4v) is 3.40. The van der Waals surface area contributed by atoms with Gasteiger partial charge >= 0.3 is 0 Å². The van der Waals surface area contributed by atoms with Gasteiger partial charge in [-0.1, -0.05) is 24.9 Å². The molecule has 23 heavy (non-hydrogen) atoms. The maximum Gasteiger partial charge on any atom is 0.289 e. The summed E-state index contributed by atoms with van der Waals surface area (Å²) in [7, 11) is -3.90. The lowest BCUT2D eigenvalue weighted by molar-refractivity contribution is -0.139. The van der Waals surface area contributed by atoms with Crippen LogP contribution in [0.15, 0.2) is 29.2 Å². The number of benzene rings is 1. The van der Waals surface area contributed by atoms with Crippen LogP contribution in [-0.4, -0.2) is 32.2 Å². The van der Waals surface area contributed by atoms with E-state index in [1.165, 1.54) is 24.3 Å². The molecule has 8 heteroatoms. The number of carbonyl (C=O) groups excluding carboxylic acids is 2. The maximum absolute atomic E-state index is 12.4. The molecule has 0 spiro atoms. The third-order valence-electron chi connectivity index (χ3n) is 3.45. The van der Waals surface area contributed by atoms with Crippen LogP contribution >= 0.6 is 11.6 Å². The number of hydrogen-bond acceptors (Lipinski definition) is 4. The summed E-state index contributed by atoms with van der Waals surface area (Å²) in [4.78, 5) is 24.1. The van der Waals surface area contributed by atoms with Gasteiger partial charge in [-0.05, 0) is 43.5 Å². The Balaban J connectivity index is 2.12. The lowest BCUT2D eigenvalue weighted by atomic mass is 10.1. The molecule has 2 rings (SSSR count). The van der Waals surface area contributed by atoms with Crippen molar-refractivity contribution < 1.29 is 18.0 Å². The van der Waals surface area contributed by atoms with Crippen molar-refractivity contribution >= 4 is 33.3 Å². The summed E-state index contributed by atoms with van der Waals surface area (Å²) in [6, 6.07) is 4.57. The molecule has 0 heterocycles. The predicted molar refractivity (Wildman–Crippen MR) is 86.6 cm³/mol. The second-order valence-electron chi connectivity index (χ2n) is 5.53. The van der Waals surface area contributed by atoms with E-state index in [0.29, 0.717) is 11.4 Å². The molecule has 0 radical (unpaired) electrons. The molecule has 126 valence electrons. The van der Waals surface area contributed by atoms with E-state index in [1.807, 2.05) is 6.92 Å². The van der Waals surface area contributed by atoms with E-state index >= 15 is 0 Å². The summed E-state index contributed by atoms with van der Waals surface area (Å²) in [5.41, 5.74) is 0. The number of rotatable bonds is 8. The van der Waals surface area contributed by atoms with E-state index in [1.54, 1.807) is 0 Å². The second-order valence-corrected chi connectivity index (χ2v) is 7.68. The van der Waals surface area contributed by atoms with Gasteiger partial charge in [-0.15, -0.1) is 0 Å². The summed E-state index contributed by atoms with van der Waals surface area (Å²) in [5, 5.41) is 3.00. The second kappa shape index (κ2) is 7.42. The first-order valence-electron chi connectivity index (χ1n) is 7.46. The monoisotopic (exact) mass is 358 g/mol. The van der Waals surface area contributed by atoms with E-state index in [9.17, 15) is 18.0 Å². The van der Waals surface area contributed by atoms with E-state index < -0.39 is 27.8 Å². The maximum atomic E-state index is 12.4. The standard InChI is InChI=1S/C15H19ClN2O4S/c1-2-3-13(14(19)15(20)17-11-6-7-11)18-23(21,22)12-8-4-10(16)5-9-12/h4-5,8-9,11,13,18H,2-3,6-7H2,1H3,(H,17,20)/t13-/m0/s1. The molecule has 1 amide bonds. The Morgan fingerprint density at radius 3 is 2.39 bits per heavy atom. The van der Waals surface area contributed by atoms with Gasteiger partial charge in [-0.2, -0.15) is 0 Å². The van der Waals surface area contributed by atoms with E-state index in [0.717, 1.165) is 12.8 Å². The van der Waals surface area contributed by atoms with Gasteiger partial charge in [0.1, 0.15) is 0 Å². The molecule has 0 unspecified atom stereocenters. The molecular weight excluding hydrogens is 340 g/mol. The van der Waals surface area contributed by atoms with Crippen LogP contribution in [0.3, 0.4) is 0 Å². The van der Waals surface area contributed by atoms with Crippen LogP contribution in [0.2, 0.25) is 5.02 Å². The van der Waals surface area contributed by atoms with Crippen molar-refractivity contribution in [2.75, 3.05) is 0 Å². The number of ketones is 1. The molecule has 1 saturated carbocycles. The van der Waals surface area contributed by atoms with Crippen LogP contribution in [0, 0.1) is 0 Å². The number of hydrogen-bond donors (Lipinski definition) is 2. The Hall–Kier alpha value is -1.44. The van der Waals surface area contributed by atoms with Crippen LogP contribution in [0.4, 0.5) is 0 Å². The van der Waals surface area contributed by atoms with Crippen molar-refractivity contribution in [2.45, 2.75) is 49.6 Å². The lowest BCUT2D eigenvalue weighted by Crippen LogP contribution is -2.47. The average Bonchev–Trinajstić information content (AvgIpc) is 3.30. The topological polar surface area (TPSA) is 92.3 Å². The van der Waals surface area contributed by atoms with E-state index in [-0.39, 0.29) is 17.4 Å². The number of nitrogens with one attached hydrogen (secondary N) is 2. The van der Waals surface area contributed by atoms with Gasteiger partial charge in [-0.25, -0.2) is 13.1 Å². The number of halogens is 1. The van der Waals surface area contributed by atoms with Crippen LogP contribution in [0.1, 0.15) is 32.6 Å². The van der Waals surface area contributed by atoms with Gasteiger partial charge in [0.2, 0.25) is 15.8 Å². The third kappa shape index (κ3) is 5.02. The predicted octanol–water partition coefficient (Wildman–Crippen LogP) is 1.63. The highest BCUT2D eigenvalue weighted by Gasteiger charge is 2.32. The molecule has 1 fully saturated rings. The molecule has 1 aliphatic rings. The van der Waals surface area contributed by atoms with Crippen molar-refractivity contribution in [1.29, 1.82) is 0 Å². The van der Waals surface area contributed by atoms with Crippen molar-refractivity contribution in [3.8, 4) is 0 Å². The minimum atomic E-state index is -3.90. The van der Waals surface area contributed by atoms with Crippen LogP contribution < -0.4 is 10.0 Å². The van der Waals surface area contributed by atoms with Gasteiger partial charge in [0.15, 0.2) is 0 Å². The number of sulfonamides is 1. The fraction of sp³-hybridized carbons (Fsp3) is 0.467. The number of amides is 1. The Kier molecular flexibility index (Phi) is 5.78. The van der Waals surface area contributed by atoms with Gasteiger partial charge < -0.3 is 5.32 Å². The van der Waals surface area contributed by atoms with Crippen LogP contribution in [0.25, 0.3) is 0 Å².